The van der Waals surface area contributed by atoms with Crippen molar-refractivity contribution in [2.45, 2.75) is 168 Å². The first-order valence-electron chi connectivity index (χ1n) is 15.9. The molecular weight excluding hydrogens is 469 g/mol. The van der Waals surface area contributed by atoms with Gasteiger partial charge < -0.3 is 9.42 Å². The number of hydrogen-bond donors (Lipinski definition) is 1. The number of unbranched alkanes of at least 4 members (excludes halogenated alkanes) is 22. The van der Waals surface area contributed by atoms with Crippen molar-refractivity contribution < 1.29 is 18.8 Å². The van der Waals surface area contributed by atoms with Crippen molar-refractivity contribution in [3.8, 4) is 0 Å². The lowest BCUT2D eigenvalue weighted by molar-refractivity contribution is -0.165. The minimum atomic E-state index is -2.86. The third-order valence-electron chi connectivity index (χ3n) is 7.10. The zero-order chi connectivity index (χ0) is 26.4. The summed E-state index contributed by atoms with van der Waals surface area (Å²) in [5.74, 6) is 0. The minimum absolute atomic E-state index is 0.182. The van der Waals surface area contributed by atoms with Crippen LogP contribution in [0.3, 0.4) is 0 Å². The standard InChI is InChI=1S/C30H64NO4P/c1-3-5-7-9-11-13-15-17-19-21-23-25-27-31(34-29-30-35-36(32)33)28-26-24-22-20-18-16-14-12-10-8-6-4-2/h36H,3-30H2,1-2H3,(H,32,33). The number of nitrogens with zero attached hydrogens (tertiary/aromatic N) is 1. The number of hydroxylamine groups is 2. The molecule has 6 heteroatoms. The molecule has 0 rings (SSSR count). The van der Waals surface area contributed by atoms with E-state index in [-0.39, 0.29) is 6.61 Å². The summed E-state index contributed by atoms with van der Waals surface area (Å²) in [5, 5.41) is 2.07. The molecule has 1 N–H and O–H groups in total. The van der Waals surface area contributed by atoms with Crippen molar-refractivity contribution >= 4 is 8.25 Å². The van der Waals surface area contributed by atoms with E-state index in [1.807, 2.05) is 0 Å². The van der Waals surface area contributed by atoms with Crippen LogP contribution in [-0.2, 0) is 13.9 Å². The van der Waals surface area contributed by atoms with Crippen LogP contribution in [0.2, 0.25) is 0 Å². The smallest absolute Gasteiger partial charge is 0.316 e. The quantitative estimate of drug-likeness (QED) is 0.0546. The fourth-order valence-corrected chi connectivity index (χ4v) is 5.05. The van der Waals surface area contributed by atoms with Gasteiger partial charge in [0.05, 0.1) is 13.2 Å². The van der Waals surface area contributed by atoms with Gasteiger partial charge in [-0.05, 0) is 12.8 Å². The monoisotopic (exact) mass is 533 g/mol. The van der Waals surface area contributed by atoms with Gasteiger partial charge in [-0.1, -0.05) is 155 Å². The van der Waals surface area contributed by atoms with Gasteiger partial charge in [-0.25, -0.2) is 0 Å². The molecule has 0 spiro atoms. The molecule has 0 aliphatic heterocycles. The average molecular weight is 534 g/mol. The van der Waals surface area contributed by atoms with Crippen LogP contribution in [0.15, 0.2) is 0 Å². The zero-order valence-electron chi connectivity index (χ0n) is 24.4. The summed E-state index contributed by atoms with van der Waals surface area (Å²) in [6, 6.07) is 0. The molecule has 0 saturated heterocycles. The van der Waals surface area contributed by atoms with E-state index in [1.54, 1.807) is 0 Å². The van der Waals surface area contributed by atoms with Gasteiger partial charge in [-0.2, -0.15) is 5.06 Å². The Morgan fingerprint density at radius 2 is 0.806 bits per heavy atom. The summed E-state index contributed by atoms with van der Waals surface area (Å²) in [7, 11) is -2.86. The predicted molar refractivity (Wildman–Crippen MR) is 157 cm³/mol. The SMILES string of the molecule is CCCCCCCCCCCCCCN(CCCCCCCCCCCCCC)OCCO[PH](=O)O. The minimum Gasteiger partial charge on any atom is -0.326 e. The van der Waals surface area contributed by atoms with E-state index in [0.29, 0.717) is 6.61 Å². The summed E-state index contributed by atoms with van der Waals surface area (Å²) < 4.78 is 15.5. The Bertz CT molecular complexity index is 411. The lowest BCUT2D eigenvalue weighted by Crippen LogP contribution is -2.28. The maximum atomic E-state index is 10.7. The molecule has 0 aromatic heterocycles. The maximum Gasteiger partial charge on any atom is 0.316 e. The molecule has 0 fully saturated rings. The summed E-state index contributed by atoms with van der Waals surface area (Å²) in [6.07, 6.45) is 32.5. The molecule has 0 aromatic rings. The third kappa shape index (κ3) is 30.3. The molecule has 0 radical (unpaired) electrons. The molecule has 0 aliphatic rings. The first kappa shape index (κ1) is 36.1. The molecule has 218 valence electrons. The predicted octanol–water partition coefficient (Wildman–Crippen LogP) is 10.0. The Kier molecular flexibility index (Phi) is 31.3. The molecule has 0 bridgehead atoms. The van der Waals surface area contributed by atoms with Crippen LogP contribution in [0.25, 0.3) is 0 Å². The van der Waals surface area contributed by atoms with Gasteiger partial charge in [0.25, 0.3) is 0 Å². The fourth-order valence-electron chi connectivity index (χ4n) is 4.79. The van der Waals surface area contributed by atoms with E-state index >= 15 is 0 Å². The van der Waals surface area contributed by atoms with Gasteiger partial charge in [0.2, 0.25) is 0 Å². The molecule has 5 nitrogen and oxygen atoms in total. The molecule has 0 saturated carbocycles. The lowest BCUT2D eigenvalue weighted by Gasteiger charge is -2.21. The third-order valence-corrected chi connectivity index (χ3v) is 7.56. The highest BCUT2D eigenvalue weighted by atomic mass is 31.1. The second kappa shape index (κ2) is 31.3. The van der Waals surface area contributed by atoms with Crippen LogP contribution >= 0.6 is 8.25 Å². The highest BCUT2D eigenvalue weighted by Gasteiger charge is 2.06. The molecule has 1 atom stereocenters. The van der Waals surface area contributed by atoms with Gasteiger partial charge >= 0.3 is 8.25 Å². The largest absolute Gasteiger partial charge is 0.326 e. The normalized spacial score (nSPS) is 12.6. The van der Waals surface area contributed by atoms with Crippen molar-refractivity contribution in [1.29, 1.82) is 0 Å². The molecular formula is C30H64NO4P. The van der Waals surface area contributed by atoms with Gasteiger partial charge in [0.1, 0.15) is 0 Å². The second-order valence-corrected chi connectivity index (χ2v) is 11.5. The fraction of sp³-hybridized carbons (Fsp3) is 1.00. The molecule has 0 aromatic carbocycles. The van der Waals surface area contributed by atoms with Crippen LogP contribution in [-0.4, -0.2) is 36.3 Å². The topological polar surface area (TPSA) is 59.0 Å². The summed E-state index contributed by atoms with van der Waals surface area (Å²) in [5.41, 5.74) is 0. The van der Waals surface area contributed by atoms with Crippen LogP contribution in [0, 0.1) is 0 Å². The van der Waals surface area contributed by atoms with Crippen molar-refractivity contribution in [2.75, 3.05) is 26.3 Å². The summed E-state index contributed by atoms with van der Waals surface area (Å²) >= 11 is 0. The average Bonchev–Trinajstić information content (AvgIpc) is 2.87. The molecule has 1 unspecified atom stereocenters. The van der Waals surface area contributed by atoms with Gasteiger partial charge in [0, 0.05) is 13.1 Å². The molecule has 0 aliphatic carbocycles. The molecule has 0 amide bonds. The van der Waals surface area contributed by atoms with Crippen LogP contribution in [0.1, 0.15) is 168 Å². The van der Waals surface area contributed by atoms with E-state index in [2.05, 4.69) is 18.9 Å². The van der Waals surface area contributed by atoms with Gasteiger partial charge in [-0.3, -0.25) is 9.40 Å². The van der Waals surface area contributed by atoms with E-state index < -0.39 is 8.25 Å². The maximum absolute atomic E-state index is 10.7. The highest BCUT2D eigenvalue weighted by Crippen LogP contribution is 2.15. The lowest BCUT2D eigenvalue weighted by atomic mass is 10.0. The van der Waals surface area contributed by atoms with Crippen LogP contribution < -0.4 is 0 Å². The summed E-state index contributed by atoms with van der Waals surface area (Å²) in [6.45, 7) is 6.99. The van der Waals surface area contributed by atoms with E-state index in [0.717, 1.165) is 25.9 Å². The van der Waals surface area contributed by atoms with Crippen LogP contribution in [0.5, 0.6) is 0 Å². The van der Waals surface area contributed by atoms with Crippen molar-refractivity contribution in [3.05, 3.63) is 0 Å². The Hall–Kier alpha value is 0.0700. The van der Waals surface area contributed by atoms with Crippen LogP contribution in [0.4, 0.5) is 0 Å². The second-order valence-electron chi connectivity index (χ2n) is 10.7. The summed E-state index contributed by atoms with van der Waals surface area (Å²) in [4.78, 5) is 14.7. The van der Waals surface area contributed by atoms with Crippen molar-refractivity contribution in [2.24, 2.45) is 0 Å². The van der Waals surface area contributed by atoms with E-state index in [4.69, 9.17) is 14.3 Å². The zero-order valence-corrected chi connectivity index (χ0v) is 25.4. The van der Waals surface area contributed by atoms with Gasteiger partial charge in [-0.15, -0.1) is 0 Å². The molecule has 0 heterocycles. The van der Waals surface area contributed by atoms with Gasteiger partial charge in [0.15, 0.2) is 0 Å². The first-order valence-corrected chi connectivity index (χ1v) is 17.2. The first-order chi connectivity index (χ1) is 17.7. The Balaban J connectivity index is 3.74. The number of hydrogen-bond acceptors (Lipinski definition) is 4. The Labute approximate surface area is 226 Å². The highest BCUT2D eigenvalue weighted by molar-refractivity contribution is 7.32. The number of rotatable bonds is 31. The van der Waals surface area contributed by atoms with Crippen molar-refractivity contribution in [1.82, 2.24) is 5.06 Å². The van der Waals surface area contributed by atoms with E-state index in [9.17, 15) is 4.57 Å². The Morgan fingerprint density at radius 3 is 1.11 bits per heavy atom. The van der Waals surface area contributed by atoms with E-state index in [1.165, 1.54) is 141 Å². The molecule has 36 heavy (non-hydrogen) atoms. The Morgan fingerprint density at radius 1 is 0.500 bits per heavy atom. The van der Waals surface area contributed by atoms with Crippen molar-refractivity contribution in [3.63, 3.8) is 0 Å².